The van der Waals surface area contributed by atoms with Crippen molar-refractivity contribution in [1.29, 1.82) is 0 Å². The Bertz CT molecular complexity index is 736. The van der Waals surface area contributed by atoms with E-state index in [1.54, 1.807) is 30.3 Å². The van der Waals surface area contributed by atoms with E-state index < -0.39 is 0 Å². The smallest absolute Gasteiger partial charge is 0.258 e. The molecule has 3 rings (SSSR count). The zero-order chi connectivity index (χ0) is 14.3. The third kappa shape index (κ3) is 2.00. The van der Waals surface area contributed by atoms with Gasteiger partial charge in [0.15, 0.2) is 0 Å². The number of anilines is 1. The highest BCUT2D eigenvalue weighted by Crippen LogP contribution is 2.36. The van der Waals surface area contributed by atoms with Crippen LogP contribution >= 0.6 is 11.6 Å². The van der Waals surface area contributed by atoms with Gasteiger partial charge in [-0.3, -0.25) is 4.79 Å². The minimum atomic E-state index is -0.257. The van der Waals surface area contributed by atoms with Crippen LogP contribution in [0.5, 0.6) is 5.75 Å². The van der Waals surface area contributed by atoms with Crippen LogP contribution in [-0.2, 0) is 4.79 Å². The molecule has 1 amide bonds. The minimum absolute atomic E-state index is 0.144. The van der Waals surface area contributed by atoms with Crippen molar-refractivity contribution in [2.75, 3.05) is 5.32 Å². The first-order chi connectivity index (χ1) is 9.56. The predicted octanol–water partition coefficient (Wildman–Crippen LogP) is 2.82. The molecular weight excluding hydrogens is 276 g/mol. The van der Waals surface area contributed by atoms with Crippen molar-refractivity contribution < 1.29 is 9.90 Å². The summed E-state index contributed by atoms with van der Waals surface area (Å²) in [6.07, 6.45) is 0. The van der Waals surface area contributed by atoms with Crippen LogP contribution in [0.1, 0.15) is 11.1 Å². The Morgan fingerprint density at radius 2 is 1.85 bits per heavy atom. The van der Waals surface area contributed by atoms with Crippen molar-refractivity contribution in [3.05, 3.63) is 58.6 Å². The van der Waals surface area contributed by atoms with Crippen molar-refractivity contribution in [3.8, 4) is 5.75 Å². The standard InChI is InChI=1S/C15H11ClN2O2/c16-9-3-6-12-11(7-9)13(15(20)18-12)14(17)8-1-4-10(19)5-2-8/h1-7,19H,17H2,(H,18,20)/b14-13+. The zero-order valence-electron chi connectivity index (χ0n) is 10.4. The average molecular weight is 287 g/mol. The number of amides is 1. The lowest BCUT2D eigenvalue weighted by molar-refractivity contribution is -0.110. The maximum absolute atomic E-state index is 12.1. The van der Waals surface area contributed by atoms with Crippen LogP contribution in [0.25, 0.3) is 11.3 Å². The van der Waals surface area contributed by atoms with Crippen LogP contribution in [0.3, 0.4) is 0 Å². The topological polar surface area (TPSA) is 75.4 Å². The summed E-state index contributed by atoms with van der Waals surface area (Å²) < 4.78 is 0. The van der Waals surface area contributed by atoms with Gasteiger partial charge in [0, 0.05) is 16.3 Å². The molecule has 0 fully saturated rings. The molecule has 0 atom stereocenters. The third-order valence-corrected chi connectivity index (χ3v) is 3.41. The summed E-state index contributed by atoms with van der Waals surface area (Å²) >= 11 is 5.97. The van der Waals surface area contributed by atoms with Gasteiger partial charge >= 0.3 is 0 Å². The SMILES string of the molecule is N/C(=C1/C(=O)Nc2ccc(Cl)cc21)c1ccc(O)cc1. The molecule has 1 aliphatic rings. The van der Waals surface area contributed by atoms with Crippen LogP contribution in [0, 0.1) is 0 Å². The number of carbonyl (C=O) groups excluding carboxylic acids is 1. The van der Waals surface area contributed by atoms with E-state index in [0.717, 1.165) is 0 Å². The molecule has 1 heterocycles. The van der Waals surface area contributed by atoms with Crippen LogP contribution < -0.4 is 11.1 Å². The lowest BCUT2D eigenvalue weighted by atomic mass is 10.0. The van der Waals surface area contributed by atoms with Gasteiger partial charge in [-0.25, -0.2) is 0 Å². The summed E-state index contributed by atoms with van der Waals surface area (Å²) in [6.45, 7) is 0. The van der Waals surface area contributed by atoms with Crippen molar-refractivity contribution in [2.45, 2.75) is 0 Å². The van der Waals surface area contributed by atoms with E-state index in [1.807, 2.05) is 0 Å². The Morgan fingerprint density at radius 3 is 2.55 bits per heavy atom. The molecule has 2 aromatic carbocycles. The van der Waals surface area contributed by atoms with Gasteiger partial charge in [-0.1, -0.05) is 11.6 Å². The van der Waals surface area contributed by atoms with E-state index >= 15 is 0 Å². The second kappa shape index (κ2) is 4.58. The Kier molecular flexibility index (Phi) is 2.88. The molecule has 0 bridgehead atoms. The van der Waals surface area contributed by atoms with Crippen LogP contribution in [0.4, 0.5) is 5.69 Å². The zero-order valence-corrected chi connectivity index (χ0v) is 11.1. The summed E-state index contributed by atoms with van der Waals surface area (Å²) in [6, 6.07) is 11.5. The maximum atomic E-state index is 12.1. The average Bonchev–Trinajstić information content (AvgIpc) is 2.74. The van der Waals surface area contributed by atoms with Gasteiger partial charge in [-0.2, -0.15) is 0 Å². The van der Waals surface area contributed by atoms with Crippen molar-refractivity contribution in [1.82, 2.24) is 0 Å². The number of nitrogens with two attached hydrogens (primary N) is 1. The highest BCUT2D eigenvalue weighted by molar-refractivity contribution is 6.38. The fourth-order valence-electron chi connectivity index (χ4n) is 2.19. The molecule has 20 heavy (non-hydrogen) atoms. The second-order valence-electron chi connectivity index (χ2n) is 4.48. The Labute approximate surface area is 120 Å². The highest BCUT2D eigenvalue weighted by Gasteiger charge is 2.27. The molecule has 0 saturated carbocycles. The predicted molar refractivity (Wildman–Crippen MR) is 79.2 cm³/mol. The van der Waals surface area contributed by atoms with Crippen molar-refractivity contribution >= 4 is 34.5 Å². The number of rotatable bonds is 1. The Balaban J connectivity index is 2.18. The lowest BCUT2D eigenvalue weighted by Crippen LogP contribution is -2.09. The summed E-state index contributed by atoms with van der Waals surface area (Å²) in [4.78, 5) is 12.1. The first-order valence-corrected chi connectivity index (χ1v) is 6.34. The minimum Gasteiger partial charge on any atom is -0.508 e. The van der Waals surface area contributed by atoms with Crippen LogP contribution in [-0.4, -0.2) is 11.0 Å². The maximum Gasteiger partial charge on any atom is 0.258 e. The second-order valence-corrected chi connectivity index (χ2v) is 4.92. The largest absolute Gasteiger partial charge is 0.508 e. The molecule has 1 aliphatic heterocycles. The lowest BCUT2D eigenvalue weighted by Gasteiger charge is -2.06. The Hall–Kier alpha value is -2.46. The molecule has 0 aromatic heterocycles. The molecule has 2 aromatic rings. The summed E-state index contributed by atoms with van der Waals surface area (Å²) in [7, 11) is 0. The van der Waals surface area contributed by atoms with E-state index in [-0.39, 0.29) is 11.7 Å². The van der Waals surface area contributed by atoms with Gasteiger partial charge in [0.05, 0.1) is 11.3 Å². The highest BCUT2D eigenvalue weighted by atomic mass is 35.5. The molecule has 0 spiro atoms. The first-order valence-electron chi connectivity index (χ1n) is 5.96. The molecule has 0 saturated heterocycles. The number of carbonyl (C=O) groups is 1. The van der Waals surface area contributed by atoms with Gasteiger partial charge in [0.25, 0.3) is 5.91 Å². The Morgan fingerprint density at radius 1 is 1.15 bits per heavy atom. The monoisotopic (exact) mass is 286 g/mol. The van der Waals surface area contributed by atoms with Gasteiger partial charge in [0.1, 0.15) is 5.75 Å². The normalized spacial score (nSPS) is 15.8. The van der Waals surface area contributed by atoms with Gasteiger partial charge < -0.3 is 16.2 Å². The number of phenols is 1. The first kappa shape index (κ1) is 12.6. The van der Waals surface area contributed by atoms with E-state index in [1.165, 1.54) is 12.1 Å². The number of benzene rings is 2. The van der Waals surface area contributed by atoms with Gasteiger partial charge in [0.2, 0.25) is 0 Å². The number of phenolic OH excluding ortho intramolecular Hbond substituents is 1. The quantitative estimate of drug-likeness (QED) is 0.706. The van der Waals surface area contributed by atoms with Gasteiger partial charge in [-0.15, -0.1) is 0 Å². The van der Waals surface area contributed by atoms with E-state index in [9.17, 15) is 9.90 Å². The molecule has 5 heteroatoms. The van der Waals surface area contributed by atoms with E-state index in [0.29, 0.717) is 33.1 Å². The van der Waals surface area contributed by atoms with E-state index in [2.05, 4.69) is 5.32 Å². The number of nitrogens with one attached hydrogen (secondary N) is 1. The number of hydrogen-bond donors (Lipinski definition) is 3. The molecule has 0 aliphatic carbocycles. The molecule has 4 N–H and O–H groups in total. The summed E-state index contributed by atoms with van der Waals surface area (Å²) in [5, 5.41) is 12.6. The van der Waals surface area contributed by atoms with Gasteiger partial charge in [-0.05, 0) is 48.0 Å². The fourth-order valence-corrected chi connectivity index (χ4v) is 2.36. The number of hydrogen-bond acceptors (Lipinski definition) is 3. The summed E-state index contributed by atoms with van der Waals surface area (Å²) in [5.41, 5.74) is 8.89. The van der Waals surface area contributed by atoms with Crippen LogP contribution in [0.2, 0.25) is 5.02 Å². The molecule has 4 nitrogen and oxygen atoms in total. The molecule has 100 valence electrons. The molecule has 0 unspecified atom stereocenters. The number of fused-ring (bicyclic) bond motifs is 1. The van der Waals surface area contributed by atoms with Crippen molar-refractivity contribution in [2.24, 2.45) is 5.73 Å². The van der Waals surface area contributed by atoms with Crippen LogP contribution in [0.15, 0.2) is 42.5 Å². The molecule has 0 radical (unpaired) electrons. The molecular formula is C15H11ClN2O2. The summed E-state index contributed by atoms with van der Waals surface area (Å²) in [5.74, 6) is -0.112. The van der Waals surface area contributed by atoms with Crippen molar-refractivity contribution in [3.63, 3.8) is 0 Å². The number of aromatic hydroxyl groups is 1. The van der Waals surface area contributed by atoms with E-state index in [4.69, 9.17) is 17.3 Å². The number of halogens is 1. The fraction of sp³-hybridized carbons (Fsp3) is 0. The third-order valence-electron chi connectivity index (χ3n) is 3.17.